The molecule has 2 N–H and O–H groups in total. The smallest absolute Gasteiger partial charge is 0.0681 e. The van der Waals surface area contributed by atoms with Crippen LogP contribution in [0.3, 0.4) is 0 Å². The van der Waals surface area contributed by atoms with Crippen molar-refractivity contribution < 1.29 is 9.47 Å². The minimum Gasteiger partial charge on any atom is -0.383 e. The molecule has 90 valence electrons. The molecule has 2 atom stereocenters. The summed E-state index contributed by atoms with van der Waals surface area (Å²) in [5, 5.41) is 0. The van der Waals surface area contributed by atoms with E-state index in [1.165, 1.54) is 0 Å². The Labute approximate surface area is 93.3 Å². The van der Waals surface area contributed by atoms with Gasteiger partial charge in [0, 0.05) is 18.6 Å². The van der Waals surface area contributed by atoms with Gasteiger partial charge in [-0.15, -0.1) is 0 Å². The highest BCUT2D eigenvalue weighted by Crippen LogP contribution is 2.46. The van der Waals surface area contributed by atoms with Gasteiger partial charge >= 0.3 is 0 Å². The third-order valence-electron chi connectivity index (χ3n) is 3.33. The Morgan fingerprint density at radius 3 is 2.27 bits per heavy atom. The fraction of sp³-hybridized carbons (Fsp3) is 1.00. The first-order valence-corrected chi connectivity index (χ1v) is 5.59. The van der Waals surface area contributed by atoms with Gasteiger partial charge in [0.25, 0.3) is 0 Å². The Morgan fingerprint density at radius 2 is 1.93 bits per heavy atom. The minimum atomic E-state index is -0.327. The largest absolute Gasteiger partial charge is 0.383 e. The zero-order valence-corrected chi connectivity index (χ0v) is 10.9. The van der Waals surface area contributed by atoms with Crippen LogP contribution in [0.25, 0.3) is 0 Å². The van der Waals surface area contributed by atoms with Crippen molar-refractivity contribution in [3.63, 3.8) is 0 Å². The van der Waals surface area contributed by atoms with Crippen molar-refractivity contribution in [2.75, 3.05) is 13.7 Å². The van der Waals surface area contributed by atoms with E-state index in [0.717, 1.165) is 6.42 Å². The van der Waals surface area contributed by atoms with E-state index in [-0.39, 0.29) is 16.7 Å². The molecular formula is C12H25NO2. The number of ether oxygens (including phenoxy) is 2. The normalized spacial score (nSPS) is 32.6. The molecule has 0 bridgehead atoms. The van der Waals surface area contributed by atoms with Crippen molar-refractivity contribution in [2.24, 2.45) is 11.7 Å². The lowest BCUT2D eigenvalue weighted by molar-refractivity contribution is -0.0844. The second-order valence-electron chi connectivity index (χ2n) is 6.16. The van der Waals surface area contributed by atoms with Crippen molar-refractivity contribution in [3.8, 4) is 0 Å². The van der Waals surface area contributed by atoms with Gasteiger partial charge in [-0.2, -0.15) is 0 Å². The maximum absolute atomic E-state index is 6.32. The molecule has 0 aromatic rings. The van der Waals surface area contributed by atoms with Crippen molar-refractivity contribution in [1.82, 2.24) is 0 Å². The topological polar surface area (TPSA) is 44.5 Å². The molecule has 3 heteroatoms. The van der Waals surface area contributed by atoms with Gasteiger partial charge in [0.1, 0.15) is 0 Å². The fourth-order valence-electron chi connectivity index (χ4n) is 3.00. The molecule has 1 rings (SSSR count). The van der Waals surface area contributed by atoms with Crippen LogP contribution in [-0.2, 0) is 9.47 Å². The molecule has 0 spiro atoms. The average Bonchev–Trinajstić information content (AvgIpc) is 2.19. The van der Waals surface area contributed by atoms with Gasteiger partial charge in [0.05, 0.1) is 17.8 Å². The van der Waals surface area contributed by atoms with Crippen LogP contribution in [0.15, 0.2) is 0 Å². The predicted molar refractivity (Wildman–Crippen MR) is 61.8 cm³/mol. The highest BCUT2D eigenvalue weighted by atomic mass is 16.5. The molecule has 0 radical (unpaired) electrons. The number of nitrogens with two attached hydrogens (primary N) is 1. The summed E-state index contributed by atoms with van der Waals surface area (Å²) < 4.78 is 11.2. The summed E-state index contributed by atoms with van der Waals surface area (Å²) in [5.41, 5.74) is 5.74. The predicted octanol–water partition coefficient (Wildman–Crippen LogP) is 1.94. The van der Waals surface area contributed by atoms with E-state index in [4.69, 9.17) is 15.2 Å². The monoisotopic (exact) mass is 215 g/mol. The first-order valence-electron chi connectivity index (χ1n) is 5.59. The molecule has 1 fully saturated rings. The number of rotatable bonds is 3. The van der Waals surface area contributed by atoms with Crippen LogP contribution in [0.4, 0.5) is 0 Å². The Kier molecular flexibility index (Phi) is 3.21. The molecule has 1 saturated heterocycles. The summed E-state index contributed by atoms with van der Waals surface area (Å²) >= 11 is 0. The highest BCUT2D eigenvalue weighted by molar-refractivity contribution is 5.04. The second kappa shape index (κ2) is 3.72. The lowest BCUT2D eigenvalue weighted by Crippen LogP contribution is -2.54. The second-order valence-corrected chi connectivity index (χ2v) is 6.16. The van der Waals surface area contributed by atoms with Crippen LogP contribution in [0.1, 0.15) is 41.0 Å². The molecular weight excluding hydrogens is 190 g/mol. The van der Waals surface area contributed by atoms with E-state index in [1.54, 1.807) is 7.11 Å². The van der Waals surface area contributed by atoms with Gasteiger partial charge in [0.2, 0.25) is 0 Å². The summed E-state index contributed by atoms with van der Waals surface area (Å²) in [6.45, 7) is 11.1. The minimum absolute atomic E-state index is 0.0808. The van der Waals surface area contributed by atoms with Gasteiger partial charge in [0.15, 0.2) is 0 Å². The quantitative estimate of drug-likeness (QED) is 0.782. The van der Waals surface area contributed by atoms with Gasteiger partial charge in [-0.1, -0.05) is 0 Å². The van der Waals surface area contributed by atoms with Crippen LogP contribution in [-0.4, -0.2) is 30.5 Å². The lowest BCUT2D eigenvalue weighted by atomic mass is 9.74. The van der Waals surface area contributed by atoms with E-state index in [0.29, 0.717) is 12.5 Å². The summed E-state index contributed by atoms with van der Waals surface area (Å²) in [4.78, 5) is 0. The Bertz CT molecular complexity index is 234. The van der Waals surface area contributed by atoms with Crippen molar-refractivity contribution in [1.29, 1.82) is 0 Å². The van der Waals surface area contributed by atoms with Crippen molar-refractivity contribution >= 4 is 0 Å². The molecule has 0 aromatic heterocycles. The number of hydrogen-bond acceptors (Lipinski definition) is 3. The Morgan fingerprint density at radius 1 is 1.40 bits per heavy atom. The maximum Gasteiger partial charge on any atom is 0.0681 e. The van der Waals surface area contributed by atoms with Gasteiger partial charge < -0.3 is 15.2 Å². The van der Waals surface area contributed by atoms with Crippen LogP contribution in [0.5, 0.6) is 0 Å². The average molecular weight is 215 g/mol. The molecule has 3 nitrogen and oxygen atoms in total. The fourth-order valence-corrected chi connectivity index (χ4v) is 3.00. The molecule has 0 aromatic carbocycles. The number of methoxy groups -OCH3 is 1. The van der Waals surface area contributed by atoms with E-state index < -0.39 is 0 Å². The summed E-state index contributed by atoms with van der Waals surface area (Å²) in [7, 11) is 1.69. The van der Waals surface area contributed by atoms with Crippen LogP contribution >= 0.6 is 0 Å². The van der Waals surface area contributed by atoms with Gasteiger partial charge in [-0.3, -0.25) is 0 Å². The molecule has 0 saturated carbocycles. The highest BCUT2D eigenvalue weighted by Gasteiger charge is 2.52. The third-order valence-corrected chi connectivity index (χ3v) is 3.33. The van der Waals surface area contributed by atoms with Crippen LogP contribution in [0.2, 0.25) is 0 Å². The maximum atomic E-state index is 6.32. The van der Waals surface area contributed by atoms with Crippen molar-refractivity contribution in [2.45, 2.75) is 57.8 Å². The van der Waals surface area contributed by atoms with E-state index in [1.807, 2.05) is 6.92 Å². The standard InChI is InChI=1S/C12H25NO2/c1-10(2)7-9(11(3,4)15-10)12(5,13)8-14-6/h9H,7-8,13H2,1-6H3. The zero-order chi connectivity index (χ0) is 11.9. The van der Waals surface area contributed by atoms with Crippen molar-refractivity contribution in [3.05, 3.63) is 0 Å². The summed E-state index contributed by atoms with van der Waals surface area (Å²) in [6.07, 6.45) is 0.982. The molecule has 0 amide bonds. The first-order chi connectivity index (χ1) is 6.61. The van der Waals surface area contributed by atoms with Crippen LogP contribution < -0.4 is 5.73 Å². The molecule has 0 aliphatic carbocycles. The van der Waals surface area contributed by atoms with Gasteiger partial charge in [-0.25, -0.2) is 0 Å². The molecule has 1 aliphatic heterocycles. The third kappa shape index (κ3) is 2.71. The molecule has 1 aliphatic rings. The Balaban J connectivity index is 2.86. The molecule has 1 heterocycles. The van der Waals surface area contributed by atoms with E-state index in [2.05, 4.69) is 27.7 Å². The zero-order valence-electron chi connectivity index (χ0n) is 10.9. The SMILES string of the molecule is COCC(C)(N)C1CC(C)(C)OC1(C)C. The number of hydrogen-bond donors (Lipinski definition) is 1. The van der Waals surface area contributed by atoms with Gasteiger partial charge in [-0.05, 0) is 41.0 Å². The summed E-state index contributed by atoms with van der Waals surface area (Å²) in [5.74, 6) is 0.319. The van der Waals surface area contributed by atoms with E-state index in [9.17, 15) is 0 Å². The first kappa shape index (κ1) is 12.9. The van der Waals surface area contributed by atoms with Crippen LogP contribution in [0, 0.1) is 5.92 Å². The Hall–Kier alpha value is -0.120. The molecule has 2 unspecified atom stereocenters. The molecule has 15 heavy (non-hydrogen) atoms. The van der Waals surface area contributed by atoms with E-state index >= 15 is 0 Å². The summed E-state index contributed by atoms with van der Waals surface area (Å²) in [6, 6.07) is 0. The lowest BCUT2D eigenvalue weighted by Gasteiger charge is -2.38.